The molecule has 1 aromatic carbocycles. The zero-order valence-electron chi connectivity index (χ0n) is 12.8. The Morgan fingerprint density at radius 3 is 2.90 bits per heavy atom. The van der Waals surface area contributed by atoms with Crippen LogP contribution in [-0.4, -0.2) is 24.0 Å². The maximum atomic E-state index is 6.11. The molecule has 0 spiro atoms. The van der Waals surface area contributed by atoms with E-state index in [0.29, 0.717) is 6.04 Å². The van der Waals surface area contributed by atoms with Crippen molar-refractivity contribution in [3.63, 3.8) is 0 Å². The van der Waals surface area contributed by atoms with E-state index < -0.39 is 0 Å². The van der Waals surface area contributed by atoms with Crippen molar-refractivity contribution in [2.45, 2.75) is 38.9 Å². The molecule has 1 saturated carbocycles. The van der Waals surface area contributed by atoms with Gasteiger partial charge in [0.05, 0.1) is 6.54 Å². The van der Waals surface area contributed by atoms with E-state index >= 15 is 0 Å². The average molecular weight is 284 g/mol. The Hall–Kier alpha value is -1.58. The Morgan fingerprint density at radius 1 is 1.38 bits per heavy atom. The van der Waals surface area contributed by atoms with Crippen LogP contribution >= 0.6 is 0 Å². The topological polar surface area (TPSA) is 28.4 Å². The first-order valence-corrected chi connectivity index (χ1v) is 7.87. The van der Waals surface area contributed by atoms with Gasteiger partial charge in [-0.25, -0.2) is 0 Å². The minimum atomic E-state index is 0.710. The maximum absolute atomic E-state index is 6.11. The largest absolute Gasteiger partial charge is 0.459 e. The van der Waals surface area contributed by atoms with Gasteiger partial charge in [-0.15, -0.1) is 6.58 Å². The van der Waals surface area contributed by atoms with Gasteiger partial charge in [-0.2, -0.15) is 0 Å². The molecule has 0 unspecified atom stereocenters. The number of nitrogens with zero attached hydrogens (tertiary/aromatic N) is 1. The molecule has 1 heterocycles. The van der Waals surface area contributed by atoms with Gasteiger partial charge >= 0.3 is 0 Å². The lowest BCUT2D eigenvalue weighted by molar-refractivity contribution is 0.283. The van der Waals surface area contributed by atoms with Crippen LogP contribution in [0, 0.1) is 0 Å². The molecule has 21 heavy (non-hydrogen) atoms. The van der Waals surface area contributed by atoms with Crippen LogP contribution in [0.1, 0.15) is 31.1 Å². The molecule has 1 aliphatic carbocycles. The number of fused-ring (bicyclic) bond motifs is 1. The molecule has 3 rings (SSSR count). The van der Waals surface area contributed by atoms with Crippen LogP contribution in [-0.2, 0) is 13.1 Å². The second kappa shape index (κ2) is 6.46. The molecule has 0 amide bonds. The molecule has 3 nitrogen and oxygen atoms in total. The van der Waals surface area contributed by atoms with Crippen LogP contribution < -0.4 is 5.32 Å². The monoisotopic (exact) mass is 284 g/mol. The van der Waals surface area contributed by atoms with Crippen LogP contribution in [0.25, 0.3) is 11.0 Å². The molecule has 0 bridgehead atoms. The van der Waals surface area contributed by atoms with Gasteiger partial charge in [-0.3, -0.25) is 4.90 Å². The Labute approximate surface area is 126 Å². The fourth-order valence-electron chi connectivity index (χ4n) is 2.70. The van der Waals surface area contributed by atoms with Crippen molar-refractivity contribution in [1.82, 2.24) is 10.2 Å². The van der Waals surface area contributed by atoms with Crippen LogP contribution in [0.2, 0.25) is 0 Å². The Bertz CT molecular complexity index is 613. The lowest BCUT2D eigenvalue weighted by Gasteiger charge is -2.17. The lowest BCUT2D eigenvalue weighted by Crippen LogP contribution is -2.24. The fourth-order valence-corrected chi connectivity index (χ4v) is 2.70. The molecular weight excluding hydrogens is 260 g/mol. The molecule has 1 fully saturated rings. The Balaban J connectivity index is 1.87. The standard InChI is InChI=1S/C18H24N2O/c1-3-11-20(4-2)13-18-16(12-19-14-9-10-14)15-7-5-6-8-17(15)21-18/h3,5-8,14,19H,1,4,9-13H2,2H3. The van der Waals surface area contributed by atoms with E-state index in [1.807, 2.05) is 12.1 Å². The molecule has 0 saturated heterocycles. The first-order valence-electron chi connectivity index (χ1n) is 7.87. The summed E-state index contributed by atoms with van der Waals surface area (Å²) in [4.78, 5) is 2.34. The molecular formula is C18H24N2O. The quantitative estimate of drug-likeness (QED) is 0.749. The van der Waals surface area contributed by atoms with E-state index in [9.17, 15) is 0 Å². The average Bonchev–Trinajstić information content (AvgIpc) is 3.26. The summed E-state index contributed by atoms with van der Waals surface area (Å²) in [6, 6.07) is 9.06. The molecule has 1 aliphatic rings. The summed E-state index contributed by atoms with van der Waals surface area (Å²) in [5, 5.41) is 4.86. The first kappa shape index (κ1) is 14.4. The lowest BCUT2D eigenvalue weighted by atomic mass is 10.1. The molecule has 2 aromatic rings. The molecule has 0 radical (unpaired) electrons. The van der Waals surface area contributed by atoms with Gasteiger partial charge in [0.1, 0.15) is 11.3 Å². The summed E-state index contributed by atoms with van der Waals surface area (Å²) >= 11 is 0. The third-order valence-corrected chi connectivity index (χ3v) is 4.13. The van der Waals surface area contributed by atoms with Crippen LogP contribution in [0.5, 0.6) is 0 Å². The second-order valence-corrected chi connectivity index (χ2v) is 5.77. The van der Waals surface area contributed by atoms with Gasteiger partial charge < -0.3 is 9.73 Å². The highest BCUT2D eigenvalue weighted by Gasteiger charge is 2.22. The number of likely N-dealkylation sites (N-methyl/N-ethyl adjacent to an activating group) is 1. The smallest absolute Gasteiger partial charge is 0.134 e. The van der Waals surface area contributed by atoms with Crippen molar-refractivity contribution in [3.8, 4) is 0 Å². The fraction of sp³-hybridized carbons (Fsp3) is 0.444. The number of hydrogen-bond acceptors (Lipinski definition) is 3. The molecule has 3 heteroatoms. The Kier molecular flexibility index (Phi) is 4.42. The third kappa shape index (κ3) is 3.36. The summed E-state index contributed by atoms with van der Waals surface area (Å²) in [7, 11) is 0. The minimum Gasteiger partial charge on any atom is -0.459 e. The van der Waals surface area contributed by atoms with Gasteiger partial charge in [0, 0.05) is 30.1 Å². The molecule has 0 aliphatic heterocycles. The minimum absolute atomic E-state index is 0.710. The highest BCUT2D eigenvalue weighted by Crippen LogP contribution is 2.28. The SMILES string of the molecule is C=CCN(CC)Cc1oc2ccccc2c1CNC1CC1. The van der Waals surface area contributed by atoms with Crippen molar-refractivity contribution in [2.75, 3.05) is 13.1 Å². The summed E-state index contributed by atoms with van der Waals surface area (Å²) in [5.41, 5.74) is 2.31. The maximum Gasteiger partial charge on any atom is 0.134 e. The zero-order valence-corrected chi connectivity index (χ0v) is 12.8. The van der Waals surface area contributed by atoms with E-state index in [1.54, 1.807) is 0 Å². The summed E-state index contributed by atoms with van der Waals surface area (Å²) in [6.07, 6.45) is 4.57. The third-order valence-electron chi connectivity index (χ3n) is 4.13. The number of benzene rings is 1. The zero-order chi connectivity index (χ0) is 14.7. The molecule has 1 N–H and O–H groups in total. The number of rotatable bonds is 8. The van der Waals surface area contributed by atoms with E-state index in [4.69, 9.17) is 4.42 Å². The summed E-state index contributed by atoms with van der Waals surface area (Å²) < 4.78 is 6.11. The summed E-state index contributed by atoms with van der Waals surface area (Å²) in [6.45, 7) is 9.66. The number of furan rings is 1. The van der Waals surface area contributed by atoms with Gasteiger partial charge in [0.15, 0.2) is 0 Å². The Morgan fingerprint density at radius 2 is 2.19 bits per heavy atom. The van der Waals surface area contributed by atoms with Crippen molar-refractivity contribution in [2.24, 2.45) is 0 Å². The van der Waals surface area contributed by atoms with Crippen molar-refractivity contribution >= 4 is 11.0 Å². The predicted molar refractivity (Wildman–Crippen MR) is 87.2 cm³/mol. The number of nitrogens with one attached hydrogen (secondary N) is 1. The molecule has 112 valence electrons. The number of hydrogen-bond donors (Lipinski definition) is 1. The van der Waals surface area contributed by atoms with E-state index in [2.05, 4.69) is 41.9 Å². The van der Waals surface area contributed by atoms with E-state index in [1.165, 1.54) is 23.8 Å². The summed E-state index contributed by atoms with van der Waals surface area (Å²) in [5.74, 6) is 1.09. The predicted octanol–water partition coefficient (Wildman–Crippen LogP) is 3.69. The first-order chi connectivity index (χ1) is 10.3. The molecule has 1 aromatic heterocycles. The van der Waals surface area contributed by atoms with Gasteiger partial charge in [0.25, 0.3) is 0 Å². The number of para-hydroxylation sites is 1. The van der Waals surface area contributed by atoms with Gasteiger partial charge in [-0.1, -0.05) is 31.2 Å². The van der Waals surface area contributed by atoms with Crippen LogP contribution in [0.15, 0.2) is 41.3 Å². The van der Waals surface area contributed by atoms with Crippen molar-refractivity contribution < 1.29 is 4.42 Å². The second-order valence-electron chi connectivity index (χ2n) is 5.77. The van der Waals surface area contributed by atoms with Crippen LogP contribution in [0.3, 0.4) is 0 Å². The van der Waals surface area contributed by atoms with Crippen molar-refractivity contribution in [3.05, 3.63) is 48.2 Å². The highest BCUT2D eigenvalue weighted by molar-refractivity contribution is 5.82. The molecule has 0 atom stereocenters. The normalized spacial score (nSPS) is 15.0. The van der Waals surface area contributed by atoms with Gasteiger partial charge in [-0.05, 0) is 25.5 Å². The van der Waals surface area contributed by atoms with Crippen molar-refractivity contribution in [1.29, 1.82) is 0 Å². The van der Waals surface area contributed by atoms with E-state index in [-0.39, 0.29) is 0 Å². The van der Waals surface area contributed by atoms with Crippen LogP contribution in [0.4, 0.5) is 0 Å². The highest BCUT2D eigenvalue weighted by atomic mass is 16.3. The van der Waals surface area contributed by atoms with Gasteiger partial charge in [0.2, 0.25) is 0 Å². The van der Waals surface area contributed by atoms with E-state index in [0.717, 1.165) is 37.5 Å².